The summed E-state index contributed by atoms with van der Waals surface area (Å²) in [5.74, 6) is 0.0593. The Morgan fingerprint density at radius 3 is 2.68 bits per heavy atom. The number of carbonyl (C=O) groups is 1. The highest BCUT2D eigenvalue weighted by molar-refractivity contribution is 5.85. The van der Waals surface area contributed by atoms with Crippen molar-refractivity contribution < 1.29 is 14.3 Å². The van der Waals surface area contributed by atoms with Crippen LogP contribution in [-0.2, 0) is 16.1 Å². The van der Waals surface area contributed by atoms with Gasteiger partial charge in [-0.1, -0.05) is 18.2 Å². The van der Waals surface area contributed by atoms with E-state index in [9.17, 15) is 4.79 Å². The summed E-state index contributed by atoms with van der Waals surface area (Å²) >= 11 is 0. The Morgan fingerprint density at radius 2 is 2.05 bits per heavy atom. The minimum Gasteiger partial charge on any atom is -0.460 e. The van der Waals surface area contributed by atoms with Crippen molar-refractivity contribution in [3.8, 4) is 5.69 Å². The Bertz CT molecular complexity index is 552. The van der Waals surface area contributed by atoms with Gasteiger partial charge in [0.2, 0.25) is 0 Å². The fraction of sp³-hybridized carbons (Fsp3) is 0.308. The molecule has 0 amide bonds. The second kappa shape index (κ2) is 6.10. The Kier molecular flexibility index (Phi) is 4.25. The van der Waals surface area contributed by atoms with Crippen LogP contribution in [0.4, 0.5) is 0 Å². The van der Waals surface area contributed by atoms with Crippen LogP contribution in [0.25, 0.3) is 5.69 Å². The zero-order valence-electron chi connectivity index (χ0n) is 10.9. The highest BCUT2D eigenvalue weighted by atomic mass is 16.5. The number of hydrogen-bond donors (Lipinski definition) is 0. The fourth-order valence-electron chi connectivity index (χ4n) is 1.62. The molecule has 1 aromatic heterocycles. The van der Waals surface area contributed by atoms with Crippen molar-refractivity contribution in [3.63, 3.8) is 0 Å². The third-order valence-electron chi connectivity index (χ3n) is 2.41. The lowest BCUT2D eigenvalue weighted by Crippen LogP contribution is -2.07. The average Bonchev–Trinajstić information content (AvgIpc) is 2.85. The maximum absolute atomic E-state index is 11.6. The molecule has 0 unspecified atom stereocenters. The number of hydrogen-bond acceptors (Lipinski definition) is 5. The third kappa shape index (κ3) is 2.97. The number of rotatable bonds is 5. The number of carbonyl (C=O) groups excluding carboxylic acids is 1. The molecule has 6 heteroatoms. The molecule has 0 aliphatic carbocycles. The van der Waals surface area contributed by atoms with Crippen LogP contribution in [0.15, 0.2) is 30.3 Å². The van der Waals surface area contributed by atoms with Crippen LogP contribution >= 0.6 is 0 Å². The van der Waals surface area contributed by atoms with Crippen molar-refractivity contribution in [3.05, 3.63) is 42.0 Å². The van der Waals surface area contributed by atoms with Gasteiger partial charge >= 0.3 is 5.97 Å². The SMILES string of the molecule is CCOC(=O)c1nc(COC)n(-c2ccccc2)n1. The van der Waals surface area contributed by atoms with Crippen molar-refractivity contribution in [2.75, 3.05) is 13.7 Å². The van der Waals surface area contributed by atoms with E-state index in [2.05, 4.69) is 10.1 Å². The molecule has 0 saturated heterocycles. The lowest BCUT2D eigenvalue weighted by atomic mass is 10.3. The van der Waals surface area contributed by atoms with Crippen LogP contribution in [0.5, 0.6) is 0 Å². The Hall–Kier alpha value is -2.21. The molecule has 1 aromatic carbocycles. The number of esters is 1. The van der Waals surface area contributed by atoms with E-state index < -0.39 is 5.97 Å². The summed E-state index contributed by atoms with van der Waals surface area (Å²) in [6.45, 7) is 2.29. The number of benzene rings is 1. The quantitative estimate of drug-likeness (QED) is 0.765. The first-order chi connectivity index (χ1) is 9.26. The number of ether oxygens (including phenoxy) is 2. The van der Waals surface area contributed by atoms with E-state index in [4.69, 9.17) is 9.47 Å². The first-order valence-corrected chi connectivity index (χ1v) is 5.93. The molecular formula is C13H15N3O3. The van der Waals surface area contributed by atoms with Gasteiger partial charge in [0.05, 0.1) is 12.3 Å². The Labute approximate surface area is 111 Å². The van der Waals surface area contributed by atoms with Gasteiger partial charge in [-0.3, -0.25) is 0 Å². The Morgan fingerprint density at radius 1 is 1.32 bits per heavy atom. The molecule has 0 N–H and O–H groups in total. The summed E-state index contributed by atoms with van der Waals surface area (Å²) in [6.07, 6.45) is 0. The van der Waals surface area contributed by atoms with Gasteiger partial charge in [-0.05, 0) is 19.1 Å². The van der Waals surface area contributed by atoms with Gasteiger partial charge in [-0.25, -0.2) is 14.5 Å². The zero-order chi connectivity index (χ0) is 13.7. The lowest BCUT2D eigenvalue weighted by Gasteiger charge is -2.03. The molecule has 0 saturated carbocycles. The zero-order valence-corrected chi connectivity index (χ0v) is 10.9. The van der Waals surface area contributed by atoms with Gasteiger partial charge in [0.1, 0.15) is 6.61 Å². The number of methoxy groups -OCH3 is 1. The van der Waals surface area contributed by atoms with Gasteiger partial charge in [0.25, 0.3) is 5.82 Å². The molecule has 0 aliphatic rings. The van der Waals surface area contributed by atoms with Crippen LogP contribution in [0, 0.1) is 0 Å². The first kappa shape index (κ1) is 13.2. The van der Waals surface area contributed by atoms with Gasteiger partial charge in [-0.2, -0.15) is 0 Å². The van der Waals surface area contributed by atoms with E-state index in [1.165, 1.54) is 0 Å². The molecule has 0 spiro atoms. The summed E-state index contributed by atoms with van der Waals surface area (Å²) in [6, 6.07) is 9.43. The fourth-order valence-corrected chi connectivity index (χ4v) is 1.62. The van der Waals surface area contributed by atoms with Crippen LogP contribution in [-0.4, -0.2) is 34.5 Å². The van der Waals surface area contributed by atoms with Gasteiger partial charge in [-0.15, -0.1) is 5.10 Å². The summed E-state index contributed by atoms with van der Waals surface area (Å²) in [5, 5.41) is 4.17. The largest absolute Gasteiger partial charge is 0.460 e. The monoisotopic (exact) mass is 261 g/mol. The topological polar surface area (TPSA) is 66.2 Å². The smallest absolute Gasteiger partial charge is 0.378 e. The summed E-state index contributed by atoms with van der Waals surface area (Å²) < 4.78 is 11.5. The molecule has 0 radical (unpaired) electrons. The second-order valence-electron chi connectivity index (χ2n) is 3.75. The molecule has 2 aromatic rings. The first-order valence-electron chi connectivity index (χ1n) is 5.93. The summed E-state index contributed by atoms with van der Waals surface area (Å²) in [4.78, 5) is 15.8. The molecule has 19 heavy (non-hydrogen) atoms. The van der Waals surface area contributed by atoms with E-state index in [-0.39, 0.29) is 12.4 Å². The van der Waals surface area contributed by atoms with Crippen molar-refractivity contribution in [2.45, 2.75) is 13.5 Å². The maximum atomic E-state index is 11.6. The normalized spacial score (nSPS) is 10.4. The molecule has 2 rings (SSSR count). The molecule has 6 nitrogen and oxygen atoms in total. The number of nitrogens with zero attached hydrogens (tertiary/aromatic N) is 3. The van der Waals surface area contributed by atoms with Crippen molar-refractivity contribution in [2.24, 2.45) is 0 Å². The second-order valence-corrected chi connectivity index (χ2v) is 3.75. The highest BCUT2D eigenvalue weighted by Gasteiger charge is 2.18. The van der Waals surface area contributed by atoms with Crippen molar-refractivity contribution >= 4 is 5.97 Å². The van der Waals surface area contributed by atoms with Crippen LogP contribution in [0.2, 0.25) is 0 Å². The molecule has 100 valence electrons. The minimum absolute atomic E-state index is 0.0396. The summed E-state index contributed by atoms with van der Waals surface area (Å²) in [5.41, 5.74) is 0.817. The van der Waals surface area contributed by atoms with Crippen molar-refractivity contribution in [1.29, 1.82) is 0 Å². The average molecular weight is 261 g/mol. The van der Waals surface area contributed by atoms with Crippen LogP contribution in [0.3, 0.4) is 0 Å². The predicted octanol–water partition coefficient (Wildman–Crippen LogP) is 1.59. The van der Waals surface area contributed by atoms with Gasteiger partial charge in [0, 0.05) is 7.11 Å². The standard InChI is InChI=1S/C13H15N3O3/c1-3-19-13(17)12-14-11(9-18-2)16(15-12)10-7-5-4-6-8-10/h4-8H,3,9H2,1-2H3. The maximum Gasteiger partial charge on any atom is 0.378 e. The van der Waals surface area contributed by atoms with Gasteiger partial charge in [0.15, 0.2) is 5.82 Å². The van der Waals surface area contributed by atoms with E-state index in [1.54, 1.807) is 18.7 Å². The molecule has 0 atom stereocenters. The lowest BCUT2D eigenvalue weighted by molar-refractivity contribution is 0.0512. The molecule has 0 aliphatic heterocycles. The third-order valence-corrected chi connectivity index (χ3v) is 2.41. The highest BCUT2D eigenvalue weighted by Crippen LogP contribution is 2.11. The molecule has 0 fully saturated rings. The number of para-hydroxylation sites is 1. The minimum atomic E-state index is -0.533. The van der Waals surface area contributed by atoms with E-state index >= 15 is 0 Å². The summed E-state index contributed by atoms with van der Waals surface area (Å²) in [7, 11) is 1.56. The molecule has 1 heterocycles. The van der Waals surface area contributed by atoms with E-state index in [1.807, 2.05) is 30.3 Å². The van der Waals surface area contributed by atoms with Gasteiger partial charge < -0.3 is 9.47 Å². The molecule has 0 bridgehead atoms. The van der Waals surface area contributed by atoms with Crippen molar-refractivity contribution in [1.82, 2.24) is 14.8 Å². The van der Waals surface area contributed by atoms with Crippen LogP contribution in [0.1, 0.15) is 23.4 Å². The predicted molar refractivity (Wildman–Crippen MR) is 68.0 cm³/mol. The van der Waals surface area contributed by atoms with E-state index in [0.29, 0.717) is 12.4 Å². The Balaban J connectivity index is 2.39. The number of aromatic nitrogens is 3. The van der Waals surface area contributed by atoms with E-state index in [0.717, 1.165) is 5.69 Å². The molecular weight excluding hydrogens is 246 g/mol. The van der Waals surface area contributed by atoms with Crippen LogP contribution < -0.4 is 0 Å².